The van der Waals surface area contributed by atoms with Crippen LogP contribution in [-0.2, 0) is 4.79 Å². The number of amides is 3. The molecule has 0 saturated carbocycles. The van der Waals surface area contributed by atoms with Gasteiger partial charge in [0.15, 0.2) is 0 Å². The third-order valence-corrected chi connectivity index (χ3v) is 4.89. The van der Waals surface area contributed by atoms with E-state index in [1.807, 2.05) is 11.8 Å². The van der Waals surface area contributed by atoms with Crippen molar-refractivity contribution < 1.29 is 9.59 Å². The smallest absolute Gasteiger partial charge is 0.315 e. The van der Waals surface area contributed by atoms with Crippen molar-refractivity contribution in [2.45, 2.75) is 43.0 Å². The van der Waals surface area contributed by atoms with Crippen LogP contribution in [-0.4, -0.2) is 41.7 Å². The fourth-order valence-electron chi connectivity index (χ4n) is 2.48. The summed E-state index contributed by atoms with van der Waals surface area (Å²) in [4.78, 5) is 22.4. The van der Waals surface area contributed by atoms with Crippen molar-refractivity contribution in [3.63, 3.8) is 0 Å². The molecule has 0 aromatic heterocycles. The highest BCUT2D eigenvalue weighted by Gasteiger charge is 2.42. The first kappa shape index (κ1) is 13.5. The molecule has 6 nitrogen and oxygen atoms in total. The minimum Gasteiger partial charge on any atom is -0.344 e. The standard InChI is InChI=1S/C11H20N4O2S/c12-6-13-9(16)4-2-1-3-8-10-7(5-18-8)14-11(17)15-10/h7-8,10H,1-6,12H2,(H,13,16)(H2,14,15,17)/t7-,8-,10-/m0/s1. The maximum Gasteiger partial charge on any atom is 0.315 e. The topological polar surface area (TPSA) is 96.2 Å². The summed E-state index contributed by atoms with van der Waals surface area (Å²) in [7, 11) is 0. The van der Waals surface area contributed by atoms with E-state index in [4.69, 9.17) is 5.73 Å². The number of hydrogen-bond acceptors (Lipinski definition) is 4. The molecule has 2 fully saturated rings. The van der Waals surface area contributed by atoms with Crippen molar-refractivity contribution in [2.75, 3.05) is 12.4 Å². The fraction of sp³-hybridized carbons (Fsp3) is 0.818. The molecule has 5 N–H and O–H groups in total. The highest BCUT2D eigenvalue weighted by atomic mass is 32.2. The third kappa shape index (κ3) is 3.29. The van der Waals surface area contributed by atoms with E-state index in [0.29, 0.717) is 11.7 Å². The van der Waals surface area contributed by atoms with Gasteiger partial charge >= 0.3 is 6.03 Å². The summed E-state index contributed by atoms with van der Waals surface area (Å²) >= 11 is 1.91. The number of rotatable bonds is 6. The van der Waals surface area contributed by atoms with Gasteiger partial charge in [-0.1, -0.05) is 6.42 Å². The highest BCUT2D eigenvalue weighted by Crippen LogP contribution is 2.33. The highest BCUT2D eigenvalue weighted by molar-refractivity contribution is 8.00. The van der Waals surface area contributed by atoms with E-state index in [1.165, 1.54) is 0 Å². The number of carbonyl (C=O) groups is 2. The number of urea groups is 1. The molecule has 3 atom stereocenters. The predicted octanol–water partition coefficient (Wildman–Crippen LogP) is -0.255. The van der Waals surface area contributed by atoms with Gasteiger partial charge in [-0.05, 0) is 12.8 Å². The lowest BCUT2D eigenvalue weighted by atomic mass is 10.0. The normalized spacial score (nSPS) is 29.6. The second kappa shape index (κ2) is 6.29. The zero-order chi connectivity index (χ0) is 13.0. The number of nitrogens with one attached hydrogen (secondary N) is 3. The maximum absolute atomic E-state index is 11.2. The quantitative estimate of drug-likeness (QED) is 0.304. The second-order valence-corrected chi connectivity index (χ2v) is 5.94. The summed E-state index contributed by atoms with van der Waals surface area (Å²) in [6.45, 7) is 0.207. The lowest BCUT2D eigenvalue weighted by Gasteiger charge is -2.16. The first-order chi connectivity index (χ1) is 8.70. The van der Waals surface area contributed by atoms with E-state index in [9.17, 15) is 9.59 Å². The SMILES string of the molecule is NCNC(=O)CCCC[C@@H]1SC[C@@H]2NC(=O)N[C@@H]21. The van der Waals surface area contributed by atoms with Gasteiger partial charge in [-0.25, -0.2) is 4.79 Å². The molecule has 0 aromatic rings. The number of carbonyl (C=O) groups excluding carboxylic acids is 2. The van der Waals surface area contributed by atoms with Crippen molar-refractivity contribution in [1.29, 1.82) is 0 Å². The molecule has 0 unspecified atom stereocenters. The van der Waals surface area contributed by atoms with Crippen LogP contribution in [0.4, 0.5) is 4.79 Å². The van der Waals surface area contributed by atoms with Crippen molar-refractivity contribution in [3.05, 3.63) is 0 Å². The molecule has 2 aliphatic heterocycles. The van der Waals surface area contributed by atoms with Crippen LogP contribution < -0.4 is 21.7 Å². The first-order valence-corrected chi connectivity index (χ1v) is 7.41. The van der Waals surface area contributed by atoms with Gasteiger partial charge in [-0.2, -0.15) is 11.8 Å². The number of hydrogen-bond donors (Lipinski definition) is 4. The van der Waals surface area contributed by atoms with Crippen LogP contribution in [0.5, 0.6) is 0 Å². The molecule has 18 heavy (non-hydrogen) atoms. The molecule has 0 aliphatic carbocycles. The average molecular weight is 272 g/mol. The van der Waals surface area contributed by atoms with Crippen LogP contribution in [0, 0.1) is 0 Å². The van der Waals surface area contributed by atoms with Crippen molar-refractivity contribution in [1.82, 2.24) is 16.0 Å². The van der Waals surface area contributed by atoms with Gasteiger partial charge in [0.05, 0.1) is 18.8 Å². The number of unbranched alkanes of at least 4 members (excludes halogenated alkanes) is 1. The van der Waals surface area contributed by atoms with Gasteiger partial charge in [0.25, 0.3) is 0 Å². The minimum atomic E-state index is -0.0439. The Morgan fingerprint density at radius 3 is 3.06 bits per heavy atom. The maximum atomic E-state index is 11.2. The zero-order valence-corrected chi connectivity index (χ0v) is 11.1. The summed E-state index contributed by atoms with van der Waals surface area (Å²) in [6, 6.07) is 0.506. The van der Waals surface area contributed by atoms with Crippen LogP contribution in [0.1, 0.15) is 25.7 Å². The Bertz CT molecular complexity index is 326. The number of nitrogens with two attached hydrogens (primary N) is 1. The molecule has 2 saturated heterocycles. The van der Waals surface area contributed by atoms with Crippen LogP contribution in [0.3, 0.4) is 0 Å². The molecule has 102 valence electrons. The van der Waals surface area contributed by atoms with E-state index in [0.717, 1.165) is 25.0 Å². The number of thioether (sulfide) groups is 1. The van der Waals surface area contributed by atoms with Crippen LogP contribution in [0.15, 0.2) is 0 Å². The third-order valence-electron chi connectivity index (χ3n) is 3.38. The molecule has 3 amide bonds. The summed E-state index contributed by atoms with van der Waals surface area (Å²) in [5, 5.41) is 8.95. The Hall–Kier alpha value is -0.950. The van der Waals surface area contributed by atoms with Gasteiger partial charge in [-0.15, -0.1) is 0 Å². The van der Waals surface area contributed by atoms with Crippen LogP contribution in [0.2, 0.25) is 0 Å². The Kier molecular flexibility index (Phi) is 4.71. The molecule has 2 rings (SSSR count). The summed E-state index contributed by atoms with van der Waals surface area (Å²) in [5.74, 6) is 1.01. The molecule has 0 aromatic carbocycles. The summed E-state index contributed by atoms with van der Waals surface area (Å²) < 4.78 is 0. The average Bonchev–Trinajstić information content (AvgIpc) is 2.85. The molecule has 0 spiro atoms. The van der Waals surface area contributed by atoms with Gasteiger partial charge in [-0.3, -0.25) is 4.79 Å². The summed E-state index contributed by atoms with van der Waals surface area (Å²) in [5.41, 5.74) is 5.22. The number of fused-ring (bicyclic) bond motifs is 1. The van der Waals surface area contributed by atoms with E-state index in [-0.39, 0.29) is 30.7 Å². The minimum absolute atomic E-state index is 0.0188. The van der Waals surface area contributed by atoms with Crippen molar-refractivity contribution in [3.8, 4) is 0 Å². The molecule has 2 aliphatic rings. The Balaban J connectivity index is 1.62. The predicted molar refractivity (Wildman–Crippen MR) is 71.2 cm³/mol. The van der Waals surface area contributed by atoms with Gasteiger partial charge in [0.2, 0.25) is 5.91 Å². The summed E-state index contributed by atoms with van der Waals surface area (Å²) in [6.07, 6.45) is 3.47. The van der Waals surface area contributed by atoms with Crippen molar-refractivity contribution in [2.24, 2.45) is 5.73 Å². The van der Waals surface area contributed by atoms with Crippen molar-refractivity contribution >= 4 is 23.7 Å². The molecule has 0 bridgehead atoms. The zero-order valence-electron chi connectivity index (χ0n) is 10.3. The van der Waals surface area contributed by atoms with Gasteiger partial charge in [0, 0.05) is 17.4 Å². The Morgan fingerprint density at radius 2 is 2.28 bits per heavy atom. The van der Waals surface area contributed by atoms with E-state index >= 15 is 0 Å². The Labute approximate surface area is 111 Å². The molecule has 2 heterocycles. The molecular formula is C11H20N4O2S. The van der Waals surface area contributed by atoms with Gasteiger partial charge in [0.1, 0.15) is 0 Å². The second-order valence-electron chi connectivity index (χ2n) is 4.67. The lowest BCUT2D eigenvalue weighted by Crippen LogP contribution is -2.36. The van der Waals surface area contributed by atoms with E-state index in [2.05, 4.69) is 16.0 Å². The van der Waals surface area contributed by atoms with E-state index in [1.54, 1.807) is 0 Å². The lowest BCUT2D eigenvalue weighted by molar-refractivity contribution is -0.121. The van der Waals surface area contributed by atoms with Gasteiger partial charge < -0.3 is 21.7 Å². The van der Waals surface area contributed by atoms with Crippen LogP contribution >= 0.6 is 11.8 Å². The largest absolute Gasteiger partial charge is 0.344 e. The molecular weight excluding hydrogens is 252 g/mol. The monoisotopic (exact) mass is 272 g/mol. The molecule has 7 heteroatoms. The first-order valence-electron chi connectivity index (χ1n) is 6.36. The molecule has 0 radical (unpaired) electrons. The van der Waals surface area contributed by atoms with Crippen LogP contribution in [0.25, 0.3) is 0 Å². The Morgan fingerprint density at radius 1 is 1.44 bits per heavy atom. The van der Waals surface area contributed by atoms with E-state index < -0.39 is 0 Å². The fourth-order valence-corrected chi connectivity index (χ4v) is 4.02.